The van der Waals surface area contributed by atoms with Crippen LogP contribution in [0.15, 0.2) is 29.2 Å². The first-order valence-electron chi connectivity index (χ1n) is 4.54. The summed E-state index contributed by atoms with van der Waals surface area (Å²) in [4.78, 5) is 1.15. The second-order valence-electron chi connectivity index (χ2n) is 3.61. The molecule has 0 saturated heterocycles. The molecule has 0 radical (unpaired) electrons. The summed E-state index contributed by atoms with van der Waals surface area (Å²) in [5.74, 6) is 0.933. The van der Waals surface area contributed by atoms with Gasteiger partial charge in [-0.1, -0.05) is 23.8 Å². The minimum absolute atomic E-state index is 0.847. The molecule has 0 bridgehead atoms. The van der Waals surface area contributed by atoms with Gasteiger partial charge in [-0.3, -0.25) is 0 Å². The Kier molecular flexibility index (Phi) is 4.09. The Morgan fingerprint density at radius 3 is 2.50 bits per heavy atom. The van der Waals surface area contributed by atoms with Gasteiger partial charge in [0.25, 0.3) is 0 Å². The van der Waals surface area contributed by atoms with Crippen molar-refractivity contribution in [1.29, 1.82) is 0 Å². The predicted molar refractivity (Wildman–Crippen MR) is 66.5 cm³/mol. The van der Waals surface area contributed by atoms with Crippen LogP contribution in [0.25, 0.3) is 0 Å². The molecular weight excluding hydrogens is 212 g/mol. The summed E-state index contributed by atoms with van der Waals surface area (Å²) in [6, 6.07) is 4.17. The maximum atomic E-state index is 6.13. The molecule has 1 aromatic rings. The Morgan fingerprint density at radius 1 is 1.36 bits per heavy atom. The highest BCUT2D eigenvalue weighted by Gasteiger charge is 2.03. The molecule has 76 valence electrons. The topological polar surface area (TPSA) is 0 Å². The second-order valence-corrected chi connectivity index (χ2v) is 5.04. The van der Waals surface area contributed by atoms with Crippen LogP contribution in [0.4, 0.5) is 0 Å². The number of benzene rings is 1. The normalized spacial score (nSPS) is 10.3. The molecule has 0 N–H and O–H groups in total. The fourth-order valence-electron chi connectivity index (χ4n) is 1.07. The van der Waals surface area contributed by atoms with E-state index in [0.29, 0.717) is 0 Å². The first-order valence-corrected chi connectivity index (χ1v) is 5.91. The zero-order valence-electron chi connectivity index (χ0n) is 8.86. The van der Waals surface area contributed by atoms with E-state index in [4.69, 9.17) is 11.6 Å². The first kappa shape index (κ1) is 11.7. The molecule has 0 aliphatic rings. The van der Waals surface area contributed by atoms with E-state index in [-0.39, 0.29) is 0 Å². The van der Waals surface area contributed by atoms with Gasteiger partial charge < -0.3 is 0 Å². The molecule has 2 heteroatoms. The molecule has 14 heavy (non-hydrogen) atoms. The summed E-state index contributed by atoms with van der Waals surface area (Å²) >= 11 is 7.88. The summed E-state index contributed by atoms with van der Waals surface area (Å²) in [6.07, 6.45) is 0. The van der Waals surface area contributed by atoms with Crippen molar-refractivity contribution in [3.8, 4) is 0 Å². The van der Waals surface area contributed by atoms with Crippen LogP contribution in [0.2, 0.25) is 5.02 Å². The highest BCUT2D eigenvalue weighted by Crippen LogP contribution is 2.30. The number of hydrogen-bond acceptors (Lipinski definition) is 1. The van der Waals surface area contributed by atoms with Crippen LogP contribution in [-0.4, -0.2) is 5.75 Å². The Balaban J connectivity index is 2.87. The summed E-state index contributed by atoms with van der Waals surface area (Å²) in [5, 5.41) is 0.847. The quantitative estimate of drug-likeness (QED) is 0.535. The lowest BCUT2D eigenvalue weighted by molar-refractivity contribution is 1.27. The molecule has 0 aliphatic heterocycles. The fraction of sp³-hybridized carbons (Fsp3) is 0.333. The van der Waals surface area contributed by atoms with E-state index >= 15 is 0 Å². The maximum Gasteiger partial charge on any atom is 0.0544 e. The van der Waals surface area contributed by atoms with Crippen LogP contribution in [0.1, 0.15) is 18.1 Å². The summed E-state index contributed by atoms with van der Waals surface area (Å²) < 4.78 is 0. The molecule has 0 heterocycles. The Bertz CT molecular complexity index is 356. The van der Waals surface area contributed by atoms with Crippen LogP contribution in [0.3, 0.4) is 0 Å². The van der Waals surface area contributed by atoms with Crippen molar-refractivity contribution in [2.75, 3.05) is 5.75 Å². The third kappa shape index (κ3) is 3.07. The molecule has 0 spiro atoms. The number of aryl methyl sites for hydroxylation is 2. The largest absolute Gasteiger partial charge is 0.120 e. The zero-order chi connectivity index (χ0) is 10.7. The SMILES string of the molecule is C=C(C)CSc1cc(C)c(C)cc1Cl. The van der Waals surface area contributed by atoms with Crippen molar-refractivity contribution < 1.29 is 0 Å². The third-order valence-electron chi connectivity index (χ3n) is 2.02. The van der Waals surface area contributed by atoms with E-state index in [9.17, 15) is 0 Å². The van der Waals surface area contributed by atoms with E-state index in [1.165, 1.54) is 16.7 Å². The van der Waals surface area contributed by atoms with Gasteiger partial charge >= 0.3 is 0 Å². The maximum absolute atomic E-state index is 6.13. The molecule has 0 nitrogen and oxygen atoms in total. The van der Waals surface area contributed by atoms with Gasteiger partial charge in [-0.15, -0.1) is 11.8 Å². The van der Waals surface area contributed by atoms with Gasteiger partial charge in [0.05, 0.1) is 5.02 Å². The molecule has 0 aliphatic carbocycles. The van der Waals surface area contributed by atoms with Crippen molar-refractivity contribution in [3.63, 3.8) is 0 Å². The lowest BCUT2D eigenvalue weighted by Crippen LogP contribution is -1.85. The highest BCUT2D eigenvalue weighted by atomic mass is 35.5. The lowest BCUT2D eigenvalue weighted by Gasteiger charge is -2.07. The molecule has 1 rings (SSSR count). The van der Waals surface area contributed by atoms with E-state index in [1.807, 2.05) is 13.0 Å². The van der Waals surface area contributed by atoms with Gasteiger partial charge in [-0.05, 0) is 44.0 Å². The molecule has 0 fully saturated rings. The number of rotatable bonds is 3. The van der Waals surface area contributed by atoms with Crippen molar-refractivity contribution in [2.24, 2.45) is 0 Å². The molecule has 0 amide bonds. The van der Waals surface area contributed by atoms with Gasteiger partial charge in [-0.25, -0.2) is 0 Å². The minimum Gasteiger partial charge on any atom is -0.120 e. The molecule has 0 atom stereocenters. The van der Waals surface area contributed by atoms with Gasteiger partial charge in [0.15, 0.2) is 0 Å². The minimum atomic E-state index is 0.847. The van der Waals surface area contributed by atoms with Crippen LogP contribution in [0.5, 0.6) is 0 Å². The van der Waals surface area contributed by atoms with Gasteiger partial charge in [0, 0.05) is 10.6 Å². The standard InChI is InChI=1S/C12H15ClS/c1-8(2)7-14-12-6-10(4)9(3)5-11(12)13/h5-6H,1,7H2,2-4H3. The Hall–Kier alpha value is -0.400. The molecule has 0 aromatic heterocycles. The van der Waals surface area contributed by atoms with Crippen molar-refractivity contribution in [3.05, 3.63) is 40.4 Å². The molecule has 1 aromatic carbocycles. The number of halogens is 1. The lowest BCUT2D eigenvalue weighted by atomic mass is 10.1. The Morgan fingerprint density at radius 2 is 1.93 bits per heavy atom. The van der Waals surface area contributed by atoms with Crippen LogP contribution in [0, 0.1) is 13.8 Å². The van der Waals surface area contributed by atoms with E-state index in [2.05, 4.69) is 26.5 Å². The predicted octanol–water partition coefficient (Wildman–Crippen LogP) is 4.63. The van der Waals surface area contributed by atoms with Crippen molar-refractivity contribution in [2.45, 2.75) is 25.7 Å². The third-order valence-corrected chi connectivity index (χ3v) is 3.73. The number of hydrogen-bond donors (Lipinski definition) is 0. The fourth-order valence-corrected chi connectivity index (χ4v) is 2.31. The van der Waals surface area contributed by atoms with Gasteiger partial charge in [0.1, 0.15) is 0 Å². The molecule has 0 unspecified atom stereocenters. The van der Waals surface area contributed by atoms with Crippen LogP contribution < -0.4 is 0 Å². The van der Waals surface area contributed by atoms with Gasteiger partial charge in [0.2, 0.25) is 0 Å². The van der Waals surface area contributed by atoms with Crippen molar-refractivity contribution >= 4 is 23.4 Å². The molecular formula is C12H15ClS. The van der Waals surface area contributed by atoms with E-state index in [0.717, 1.165) is 15.7 Å². The summed E-state index contributed by atoms with van der Waals surface area (Å²) in [5.41, 5.74) is 3.71. The van der Waals surface area contributed by atoms with Crippen LogP contribution >= 0.6 is 23.4 Å². The van der Waals surface area contributed by atoms with E-state index in [1.54, 1.807) is 11.8 Å². The number of thioether (sulfide) groups is 1. The second kappa shape index (κ2) is 4.90. The zero-order valence-corrected chi connectivity index (χ0v) is 10.4. The van der Waals surface area contributed by atoms with Crippen LogP contribution in [-0.2, 0) is 0 Å². The monoisotopic (exact) mass is 226 g/mol. The Labute approximate surface area is 95.4 Å². The van der Waals surface area contributed by atoms with Crippen molar-refractivity contribution in [1.82, 2.24) is 0 Å². The average Bonchev–Trinajstić information content (AvgIpc) is 2.09. The summed E-state index contributed by atoms with van der Waals surface area (Å²) in [6.45, 7) is 10.1. The summed E-state index contributed by atoms with van der Waals surface area (Å²) in [7, 11) is 0. The highest BCUT2D eigenvalue weighted by molar-refractivity contribution is 7.99. The van der Waals surface area contributed by atoms with Gasteiger partial charge in [-0.2, -0.15) is 0 Å². The average molecular weight is 227 g/mol. The molecule has 0 saturated carbocycles. The smallest absolute Gasteiger partial charge is 0.0544 e. The van der Waals surface area contributed by atoms with E-state index < -0.39 is 0 Å². The first-order chi connectivity index (χ1) is 6.50.